The van der Waals surface area contributed by atoms with Crippen LogP contribution in [0.3, 0.4) is 0 Å². The second-order valence-electron chi connectivity index (χ2n) is 6.81. The molecule has 0 aliphatic carbocycles. The average Bonchev–Trinajstić information content (AvgIpc) is 2.76. The summed E-state index contributed by atoms with van der Waals surface area (Å²) in [5.41, 5.74) is -1.95. The molecule has 0 aliphatic rings. The lowest BCUT2D eigenvalue weighted by molar-refractivity contribution is -0.138. The number of aliphatic hydroxyl groups excluding tert-OH is 2. The van der Waals surface area contributed by atoms with Crippen molar-refractivity contribution in [2.75, 3.05) is 23.8 Å². The molecule has 0 bridgehead atoms. The first-order chi connectivity index (χ1) is 15.9. The summed E-state index contributed by atoms with van der Waals surface area (Å²) in [5.74, 6) is -0.774. The smallest absolute Gasteiger partial charge is 0.416 e. The molecule has 0 fully saturated rings. The van der Waals surface area contributed by atoms with Crippen molar-refractivity contribution in [1.29, 1.82) is 0 Å². The number of nitrogens with zero attached hydrogens (tertiary/aromatic N) is 3. The molecule has 182 valence electrons. The van der Waals surface area contributed by atoms with Crippen molar-refractivity contribution in [3.05, 3.63) is 59.7 Å². The predicted molar refractivity (Wildman–Crippen MR) is 108 cm³/mol. The minimum atomic E-state index is -4.62. The molecule has 34 heavy (non-hydrogen) atoms. The molecule has 0 spiro atoms. The van der Waals surface area contributed by atoms with Crippen LogP contribution in [-0.4, -0.2) is 44.4 Å². The number of hydrogen-bond acceptors (Lipinski definition) is 8. The standard InChI is InChI=1S/C20H17F6N5O3/c21-19(22,23)11-3-1-5-13(7-11)28-17-29-16(27-9-14(33)10-32)30-18(31-17)34-15-6-2-4-12(8-15)20(24,25)26/h1-8,14,32-33H,9-10H2,(H2,27,28,29,30,31). The van der Waals surface area contributed by atoms with Gasteiger partial charge in [-0.1, -0.05) is 12.1 Å². The fourth-order valence-corrected chi connectivity index (χ4v) is 2.55. The van der Waals surface area contributed by atoms with E-state index in [2.05, 4.69) is 25.6 Å². The Morgan fingerprint density at radius 2 is 1.47 bits per heavy atom. The molecule has 0 aliphatic heterocycles. The first-order valence-corrected chi connectivity index (χ1v) is 9.52. The summed E-state index contributed by atoms with van der Waals surface area (Å²) in [6, 6.07) is 7.54. The fourth-order valence-electron chi connectivity index (χ4n) is 2.55. The topological polar surface area (TPSA) is 112 Å². The number of rotatable bonds is 8. The average molecular weight is 489 g/mol. The summed E-state index contributed by atoms with van der Waals surface area (Å²) in [6.07, 6.45) is -10.4. The monoisotopic (exact) mass is 489 g/mol. The third-order valence-corrected chi connectivity index (χ3v) is 4.14. The molecule has 4 N–H and O–H groups in total. The summed E-state index contributed by atoms with van der Waals surface area (Å²) in [5, 5.41) is 23.5. The van der Waals surface area contributed by atoms with E-state index in [0.717, 1.165) is 30.3 Å². The van der Waals surface area contributed by atoms with Gasteiger partial charge in [-0.2, -0.15) is 41.3 Å². The molecule has 1 atom stereocenters. The van der Waals surface area contributed by atoms with Crippen LogP contribution in [-0.2, 0) is 12.4 Å². The minimum Gasteiger partial charge on any atom is -0.424 e. The van der Waals surface area contributed by atoms with E-state index >= 15 is 0 Å². The van der Waals surface area contributed by atoms with Crippen molar-refractivity contribution in [2.45, 2.75) is 18.5 Å². The Morgan fingerprint density at radius 3 is 2.12 bits per heavy atom. The van der Waals surface area contributed by atoms with Crippen LogP contribution in [0.25, 0.3) is 0 Å². The van der Waals surface area contributed by atoms with E-state index < -0.39 is 42.2 Å². The highest BCUT2D eigenvalue weighted by atomic mass is 19.4. The lowest BCUT2D eigenvalue weighted by Crippen LogP contribution is -2.24. The first kappa shape index (κ1) is 25.0. The van der Waals surface area contributed by atoms with Crippen molar-refractivity contribution in [2.24, 2.45) is 0 Å². The number of halogens is 6. The van der Waals surface area contributed by atoms with Crippen LogP contribution in [0.5, 0.6) is 11.8 Å². The molecule has 1 aromatic heterocycles. The highest BCUT2D eigenvalue weighted by molar-refractivity contribution is 5.56. The Hall–Kier alpha value is -3.65. The zero-order chi connectivity index (χ0) is 24.9. The largest absolute Gasteiger partial charge is 0.424 e. The van der Waals surface area contributed by atoms with E-state index in [0.29, 0.717) is 6.07 Å². The second-order valence-corrected chi connectivity index (χ2v) is 6.81. The van der Waals surface area contributed by atoms with Gasteiger partial charge in [0.15, 0.2) is 0 Å². The van der Waals surface area contributed by atoms with E-state index in [-0.39, 0.29) is 29.9 Å². The summed E-state index contributed by atoms with van der Waals surface area (Å²) in [7, 11) is 0. The van der Waals surface area contributed by atoms with E-state index in [1.54, 1.807) is 0 Å². The number of nitrogens with one attached hydrogen (secondary N) is 2. The summed E-state index contributed by atoms with van der Waals surface area (Å²) in [4.78, 5) is 11.7. The first-order valence-electron chi connectivity index (χ1n) is 9.52. The second kappa shape index (κ2) is 10.1. The van der Waals surface area contributed by atoms with E-state index in [1.807, 2.05) is 0 Å². The van der Waals surface area contributed by atoms with Gasteiger partial charge in [-0.15, -0.1) is 0 Å². The van der Waals surface area contributed by atoms with Crippen LogP contribution >= 0.6 is 0 Å². The Kier molecular flexibility index (Phi) is 7.41. The number of hydrogen-bond donors (Lipinski definition) is 4. The minimum absolute atomic E-state index is 0.0348. The molecule has 1 heterocycles. The van der Waals surface area contributed by atoms with E-state index in [4.69, 9.17) is 9.84 Å². The molecule has 0 radical (unpaired) electrons. The molecule has 1 unspecified atom stereocenters. The van der Waals surface area contributed by atoms with Gasteiger partial charge >= 0.3 is 18.4 Å². The molecular weight excluding hydrogens is 472 g/mol. The van der Waals surface area contributed by atoms with E-state index in [1.165, 1.54) is 12.1 Å². The number of ether oxygens (including phenoxy) is 1. The lowest BCUT2D eigenvalue weighted by atomic mass is 10.2. The third kappa shape index (κ3) is 6.92. The van der Waals surface area contributed by atoms with Crippen molar-refractivity contribution in [1.82, 2.24) is 15.0 Å². The number of alkyl halides is 6. The number of aliphatic hydroxyl groups is 2. The zero-order valence-electron chi connectivity index (χ0n) is 17.0. The summed E-state index contributed by atoms with van der Waals surface area (Å²) < 4.78 is 83.1. The molecular formula is C20H17F6N5O3. The molecule has 0 amide bonds. The van der Waals surface area contributed by atoms with Gasteiger partial charge in [0.05, 0.1) is 23.8 Å². The molecule has 0 saturated heterocycles. The van der Waals surface area contributed by atoms with Crippen molar-refractivity contribution in [3.63, 3.8) is 0 Å². The lowest BCUT2D eigenvalue weighted by Gasteiger charge is -2.13. The summed E-state index contributed by atoms with van der Waals surface area (Å²) in [6.45, 7) is -0.798. The van der Waals surface area contributed by atoms with Crippen LogP contribution < -0.4 is 15.4 Å². The number of aromatic nitrogens is 3. The molecule has 0 saturated carbocycles. The number of benzene rings is 2. The van der Waals surface area contributed by atoms with Crippen LogP contribution in [0.4, 0.5) is 43.9 Å². The Balaban J connectivity index is 1.91. The molecule has 8 nitrogen and oxygen atoms in total. The van der Waals surface area contributed by atoms with Gasteiger partial charge in [0, 0.05) is 12.2 Å². The van der Waals surface area contributed by atoms with Crippen molar-refractivity contribution < 1.29 is 41.3 Å². The predicted octanol–water partition coefficient (Wildman–Crippen LogP) is 4.21. The normalized spacial score (nSPS) is 12.8. The van der Waals surface area contributed by atoms with Gasteiger partial charge in [-0.05, 0) is 36.4 Å². The van der Waals surface area contributed by atoms with E-state index in [9.17, 15) is 31.4 Å². The van der Waals surface area contributed by atoms with Gasteiger partial charge in [-0.25, -0.2) is 0 Å². The highest BCUT2D eigenvalue weighted by Crippen LogP contribution is 2.33. The van der Waals surface area contributed by atoms with Gasteiger partial charge in [0.25, 0.3) is 0 Å². The zero-order valence-corrected chi connectivity index (χ0v) is 17.0. The Labute approximate surface area is 188 Å². The molecule has 2 aromatic carbocycles. The quantitative estimate of drug-likeness (QED) is 0.348. The maximum Gasteiger partial charge on any atom is 0.416 e. The maximum atomic E-state index is 13.0. The molecule has 14 heteroatoms. The SMILES string of the molecule is OCC(O)CNc1nc(Nc2cccc(C(F)(F)F)c2)nc(Oc2cccc(C(F)(F)F)c2)n1. The summed E-state index contributed by atoms with van der Waals surface area (Å²) >= 11 is 0. The van der Waals surface area contributed by atoms with Crippen LogP contribution in [0, 0.1) is 0 Å². The fraction of sp³-hybridized carbons (Fsp3) is 0.250. The van der Waals surface area contributed by atoms with Gasteiger partial charge in [-0.3, -0.25) is 0 Å². The van der Waals surface area contributed by atoms with Crippen LogP contribution in [0.1, 0.15) is 11.1 Å². The molecule has 3 rings (SSSR count). The third-order valence-electron chi connectivity index (χ3n) is 4.14. The van der Waals surface area contributed by atoms with Crippen LogP contribution in [0.15, 0.2) is 48.5 Å². The van der Waals surface area contributed by atoms with Gasteiger partial charge in [0.1, 0.15) is 5.75 Å². The number of anilines is 3. The van der Waals surface area contributed by atoms with Crippen molar-refractivity contribution >= 4 is 17.6 Å². The molecule has 3 aromatic rings. The van der Waals surface area contributed by atoms with Gasteiger partial charge in [0.2, 0.25) is 11.9 Å². The maximum absolute atomic E-state index is 13.0. The van der Waals surface area contributed by atoms with Crippen molar-refractivity contribution in [3.8, 4) is 11.8 Å². The Bertz CT molecular complexity index is 1050. The van der Waals surface area contributed by atoms with Crippen LogP contribution in [0.2, 0.25) is 0 Å². The Morgan fingerprint density at radius 1 is 0.853 bits per heavy atom. The van der Waals surface area contributed by atoms with Gasteiger partial charge < -0.3 is 25.6 Å². The highest BCUT2D eigenvalue weighted by Gasteiger charge is 2.31.